The number of fused-ring (bicyclic) bond motifs is 1. The van der Waals surface area contributed by atoms with Crippen LogP contribution in [0.15, 0.2) is 41.5 Å². The third kappa shape index (κ3) is 7.99. The average molecular weight is 532 g/mol. The minimum Gasteiger partial charge on any atom is -0.480 e. The number of amides is 2. The van der Waals surface area contributed by atoms with E-state index in [0.717, 1.165) is 10.5 Å². The van der Waals surface area contributed by atoms with Gasteiger partial charge >= 0.3 is 12.1 Å². The Morgan fingerprint density at radius 3 is 2.68 bits per heavy atom. The molecule has 0 radical (unpaired) electrons. The van der Waals surface area contributed by atoms with Crippen LogP contribution in [-0.2, 0) is 32.2 Å². The molecule has 2 heterocycles. The Hall–Kier alpha value is -4.53. The number of aromatic nitrogens is 4. The fourth-order valence-corrected chi connectivity index (χ4v) is 3.38. The zero-order valence-electron chi connectivity index (χ0n) is 19.8. The molecule has 0 saturated carbocycles. The summed E-state index contributed by atoms with van der Waals surface area (Å²) in [4.78, 5) is 60.4. The predicted molar refractivity (Wildman–Crippen MR) is 135 cm³/mol. The van der Waals surface area contributed by atoms with Crippen molar-refractivity contribution in [1.29, 1.82) is 0 Å². The number of hydrogen-bond acceptors (Lipinski definition) is 9. The number of carboxylic acid groups (broad SMARTS) is 1. The average Bonchev–Trinajstić information content (AvgIpc) is 3.25. The topological polar surface area (TPSA) is 181 Å². The molecule has 37 heavy (non-hydrogen) atoms. The van der Waals surface area contributed by atoms with Crippen LogP contribution in [0.1, 0.15) is 12.5 Å². The first kappa shape index (κ1) is 27.1. The summed E-state index contributed by atoms with van der Waals surface area (Å²) in [6.45, 7) is 1.42. The molecule has 0 aliphatic rings. The molecule has 2 amide bonds. The number of carbonyl (C=O) groups is 3. The molecule has 0 aliphatic carbocycles. The fourth-order valence-electron chi connectivity index (χ4n) is 3.16. The molecular formula is C22H25N7O7S. The lowest BCUT2D eigenvalue weighted by Crippen LogP contribution is -2.42. The number of aliphatic carboxylic acids is 1. The lowest BCUT2D eigenvalue weighted by molar-refractivity contribution is -0.144. The second-order valence-electron chi connectivity index (χ2n) is 7.50. The van der Waals surface area contributed by atoms with Crippen molar-refractivity contribution in [3.63, 3.8) is 0 Å². The van der Waals surface area contributed by atoms with Gasteiger partial charge in [0.2, 0.25) is 11.9 Å². The van der Waals surface area contributed by atoms with Crippen molar-refractivity contribution in [1.82, 2.24) is 29.7 Å². The number of carbonyl (C=O) groups excluding carboxylic acids is 2. The van der Waals surface area contributed by atoms with Crippen molar-refractivity contribution in [3.8, 4) is 0 Å². The molecule has 0 saturated heterocycles. The first-order valence-electron chi connectivity index (χ1n) is 11.1. The fraction of sp³-hybridized carbons (Fsp3) is 0.318. The maximum atomic E-state index is 12.9. The molecule has 3 aromatic rings. The highest BCUT2D eigenvalue weighted by Crippen LogP contribution is 2.10. The van der Waals surface area contributed by atoms with Crippen LogP contribution in [0, 0.1) is 0 Å². The third-order valence-corrected chi connectivity index (χ3v) is 5.08. The molecule has 4 N–H and O–H groups in total. The SMILES string of the molecule is CCOC(=S)NCCN(CC(=O)O)C(=O)Cn1cnc2c(=O)[nH]c(NC(=O)OCc3ccccc3)nc21. The van der Waals surface area contributed by atoms with Crippen molar-refractivity contribution in [3.05, 3.63) is 52.6 Å². The Morgan fingerprint density at radius 2 is 1.97 bits per heavy atom. The smallest absolute Gasteiger partial charge is 0.414 e. The molecule has 3 rings (SSSR count). The van der Waals surface area contributed by atoms with Gasteiger partial charge in [0.1, 0.15) is 19.7 Å². The largest absolute Gasteiger partial charge is 0.480 e. The van der Waals surface area contributed by atoms with E-state index in [2.05, 4.69) is 25.6 Å². The van der Waals surface area contributed by atoms with Crippen molar-refractivity contribution in [2.45, 2.75) is 20.1 Å². The van der Waals surface area contributed by atoms with Crippen LogP contribution in [0.2, 0.25) is 0 Å². The van der Waals surface area contributed by atoms with Gasteiger partial charge in [0.25, 0.3) is 10.7 Å². The molecule has 0 atom stereocenters. The highest BCUT2D eigenvalue weighted by molar-refractivity contribution is 7.80. The molecule has 0 aliphatic heterocycles. The monoisotopic (exact) mass is 531 g/mol. The van der Waals surface area contributed by atoms with E-state index < -0.39 is 30.1 Å². The highest BCUT2D eigenvalue weighted by atomic mass is 32.1. The number of thiocarbonyl (C=S) groups is 1. The standard InChI is InChI=1S/C22H25N7O7S/c1-2-35-22(37)23-8-9-28(11-16(31)32)15(30)10-29-13-24-17-18(29)25-20(26-19(17)33)27-21(34)36-12-14-6-4-3-5-7-14/h3-7,13H,2,8-12H2,1H3,(H,23,37)(H,31,32)(H2,25,26,27,33,34). The maximum absolute atomic E-state index is 12.9. The van der Waals surface area contributed by atoms with E-state index in [9.17, 15) is 24.3 Å². The molecule has 0 fully saturated rings. The summed E-state index contributed by atoms with van der Waals surface area (Å²) in [5.41, 5.74) is 0.0726. The number of benzene rings is 1. The predicted octanol–water partition coefficient (Wildman–Crippen LogP) is 0.693. The molecule has 14 nitrogen and oxygen atoms in total. The number of imidazole rings is 1. The number of nitrogens with zero attached hydrogens (tertiary/aromatic N) is 4. The normalized spacial score (nSPS) is 10.5. The summed E-state index contributed by atoms with van der Waals surface area (Å²) in [6, 6.07) is 9.00. The molecule has 196 valence electrons. The third-order valence-electron chi connectivity index (χ3n) is 4.82. The van der Waals surface area contributed by atoms with Crippen LogP contribution in [0.25, 0.3) is 11.2 Å². The lowest BCUT2D eigenvalue weighted by atomic mass is 10.2. The van der Waals surface area contributed by atoms with E-state index in [1.807, 2.05) is 6.07 Å². The van der Waals surface area contributed by atoms with E-state index >= 15 is 0 Å². The minimum atomic E-state index is -1.20. The summed E-state index contributed by atoms with van der Waals surface area (Å²) in [6.07, 6.45) is 0.377. The quantitative estimate of drug-likeness (QED) is 0.256. The number of carboxylic acids is 1. The Bertz CT molecular complexity index is 1330. The van der Waals surface area contributed by atoms with Crippen molar-refractivity contribution < 1.29 is 29.0 Å². The number of anilines is 1. The van der Waals surface area contributed by atoms with E-state index in [1.165, 1.54) is 10.9 Å². The lowest BCUT2D eigenvalue weighted by Gasteiger charge is -2.21. The number of H-pyrrole nitrogens is 1. The van der Waals surface area contributed by atoms with Crippen molar-refractivity contribution in [2.75, 3.05) is 31.6 Å². The van der Waals surface area contributed by atoms with E-state index in [4.69, 9.17) is 21.7 Å². The molecule has 0 bridgehead atoms. The van der Waals surface area contributed by atoms with Crippen molar-refractivity contribution >= 4 is 52.5 Å². The number of nitrogens with one attached hydrogen (secondary N) is 3. The Balaban J connectivity index is 1.69. The summed E-state index contributed by atoms with van der Waals surface area (Å²) in [7, 11) is 0. The van der Waals surface area contributed by atoms with E-state index in [0.29, 0.717) is 6.61 Å². The number of hydrogen-bond donors (Lipinski definition) is 4. The first-order chi connectivity index (χ1) is 17.8. The van der Waals surface area contributed by atoms with Gasteiger partial charge in [0, 0.05) is 13.1 Å². The number of rotatable bonds is 11. The van der Waals surface area contributed by atoms with Crippen LogP contribution in [0.4, 0.5) is 10.7 Å². The number of ether oxygens (including phenoxy) is 2. The Morgan fingerprint density at radius 1 is 1.22 bits per heavy atom. The van der Waals surface area contributed by atoms with Crippen LogP contribution in [-0.4, -0.2) is 78.9 Å². The first-order valence-corrected chi connectivity index (χ1v) is 11.5. The van der Waals surface area contributed by atoms with Gasteiger partial charge in [-0.3, -0.25) is 24.7 Å². The summed E-state index contributed by atoms with van der Waals surface area (Å²) >= 11 is 4.96. The Labute approximate surface area is 215 Å². The van der Waals surface area contributed by atoms with Gasteiger partial charge in [-0.2, -0.15) is 4.98 Å². The zero-order chi connectivity index (χ0) is 26.8. The minimum absolute atomic E-state index is 0.00907. The van der Waals surface area contributed by atoms with Crippen LogP contribution in [0.5, 0.6) is 0 Å². The zero-order valence-corrected chi connectivity index (χ0v) is 20.6. The summed E-state index contributed by atoms with van der Waals surface area (Å²) < 4.78 is 11.5. The molecule has 0 spiro atoms. The van der Waals surface area contributed by atoms with Gasteiger partial charge < -0.3 is 29.4 Å². The second-order valence-corrected chi connectivity index (χ2v) is 7.87. The summed E-state index contributed by atoms with van der Waals surface area (Å²) in [5.74, 6) is -1.98. The van der Waals surface area contributed by atoms with Crippen LogP contribution >= 0.6 is 12.2 Å². The van der Waals surface area contributed by atoms with Gasteiger partial charge in [-0.1, -0.05) is 30.3 Å². The van der Waals surface area contributed by atoms with Gasteiger partial charge in [0.15, 0.2) is 11.2 Å². The number of aromatic amines is 1. The molecule has 2 aromatic heterocycles. The van der Waals surface area contributed by atoms with Gasteiger partial charge in [0.05, 0.1) is 12.9 Å². The van der Waals surface area contributed by atoms with Gasteiger partial charge in [-0.15, -0.1) is 0 Å². The van der Waals surface area contributed by atoms with E-state index in [-0.39, 0.29) is 48.5 Å². The highest BCUT2D eigenvalue weighted by Gasteiger charge is 2.20. The van der Waals surface area contributed by atoms with Crippen molar-refractivity contribution in [2.24, 2.45) is 0 Å². The molecule has 15 heteroatoms. The van der Waals surface area contributed by atoms with Gasteiger partial charge in [-0.05, 0) is 24.7 Å². The van der Waals surface area contributed by atoms with Crippen LogP contribution in [0.3, 0.4) is 0 Å². The van der Waals surface area contributed by atoms with Gasteiger partial charge in [-0.25, -0.2) is 9.78 Å². The van der Waals surface area contributed by atoms with E-state index in [1.54, 1.807) is 31.2 Å². The van der Waals surface area contributed by atoms with Crippen LogP contribution < -0.4 is 16.2 Å². The summed E-state index contributed by atoms with van der Waals surface area (Å²) in [5, 5.41) is 14.5. The maximum Gasteiger partial charge on any atom is 0.414 e. The molecule has 1 aromatic carbocycles. The molecule has 0 unspecified atom stereocenters. The molecular weight excluding hydrogens is 506 g/mol. The Kier molecular flexibility index (Phi) is 9.48. The second kappa shape index (κ2) is 13.0.